The Balaban J connectivity index is 1.78. The molecule has 4 heterocycles. The third-order valence-corrected chi connectivity index (χ3v) is 6.18. The highest BCUT2D eigenvalue weighted by Crippen LogP contribution is 2.48. The second kappa shape index (κ2) is 6.31. The summed E-state index contributed by atoms with van der Waals surface area (Å²) in [5.41, 5.74) is 1.92. The maximum Gasteiger partial charge on any atom is 0.269 e. The Morgan fingerprint density at radius 3 is 3.00 bits per heavy atom. The number of anilines is 1. The number of alkyl halides is 2. The summed E-state index contributed by atoms with van der Waals surface area (Å²) >= 11 is 1.26. The first-order valence-corrected chi connectivity index (χ1v) is 9.31. The van der Waals surface area contributed by atoms with Crippen LogP contribution in [0.25, 0.3) is 10.4 Å². The van der Waals surface area contributed by atoms with Crippen LogP contribution in [-0.2, 0) is 11.2 Å². The number of rotatable bonds is 4. The van der Waals surface area contributed by atoms with Crippen molar-refractivity contribution in [2.24, 2.45) is 0 Å². The lowest BCUT2D eigenvalue weighted by molar-refractivity contribution is 0.00519. The van der Waals surface area contributed by atoms with Gasteiger partial charge < -0.3 is 15.0 Å². The number of hydrogen-bond donors (Lipinski definition) is 2. The van der Waals surface area contributed by atoms with E-state index in [1.54, 1.807) is 24.4 Å². The van der Waals surface area contributed by atoms with Gasteiger partial charge >= 0.3 is 0 Å². The van der Waals surface area contributed by atoms with Gasteiger partial charge in [-0.15, -0.1) is 11.3 Å². The minimum Gasteiger partial charge on any atom is -0.382 e. The predicted octanol–water partition coefficient (Wildman–Crippen LogP) is 2.67. The minimum atomic E-state index is -2.84. The maximum atomic E-state index is 14.5. The Morgan fingerprint density at radius 2 is 2.31 bits per heavy atom. The molecule has 0 fully saturated rings. The first-order chi connectivity index (χ1) is 12.4. The minimum absolute atomic E-state index is 0.0669. The number of carbonyl (C=O) groups is 1. The number of nitrogens with zero attached hydrogens (tertiary/aromatic N) is 2. The number of nitrogens with one attached hydrogen (secondary N) is 2. The van der Waals surface area contributed by atoms with Gasteiger partial charge in [-0.2, -0.15) is 5.10 Å². The molecule has 2 atom stereocenters. The lowest BCUT2D eigenvalue weighted by Crippen LogP contribution is -2.48. The van der Waals surface area contributed by atoms with Crippen molar-refractivity contribution in [3.63, 3.8) is 0 Å². The summed E-state index contributed by atoms with van der Waals surface area (Å²) in [7, 11) is 1.60. The first kappa shape index (κ1) is 17.4. The summed E-state index contributed by atoms with van der Waals surface area (Å²) in [5, 5.41) is 9.61. The molecule has 0 unspecified atom stereocenters. The molecular weight excluding hydrogens is 362 g/mol. The number of aromatic amines is 1. The molecule has 0 saturated heterocycles. The summed E-state index contributed by atoms with van der Waals surface area (Å²) in [6.45, 7) is 1.87. The van der Waals surface area contributed by atoms with Gasteiger partial charge in [0, 0.05) is 48.3 Å². The average Bonchev–Trinajstić information content (AvgIpc) is 3.18. The van der Waals surface area contributed by atoms with E-state index in [4.69, 9.17) is 4.74 Å². The van der Waals surface area contributed by atoms with Crippen LogP contribution >= 0.6 is 11.3 Å². The molecule has 4 rings (SSSR count). The zero-order valence-electron chi connectivity index (χ0n) is 14.5. The van der Waals surface area contributed by atoms with Crippen LogP contribution in [0.4, 0.5) is 14.5 Å². The molecule has 2 aliphatic rings. The number of ether oxygens (including phenoxy) is 1. The summed E-state index contributed by atoms with van der Waals surface area (Å²) in [5.74, 6) is -3.05. The molecule has 2 aromatic heterocycles. The van der Waals surface area contributed by atoms with Gasteiger partial charge in [-0.3, -0.25) is 9.89 Å². The van der Waals surface area contributed by atoms with E-state index < -0.39 is 5.92 Å². The fourth-order valence-electron chi connectivity index (χ4n) is 3.74. The van der Waals surface area contributed by atoms with Gasteiger partial charge in [0.25, 0.3) is 11.8 Å². The zero-order valence-corrected chi connectivity index (χ0v) is 15.3. The van der Waals surface area contributed by atoms with Crippen LogP contribution in [0.5, 0.6) is 0 Å². The molecule has 1 amide bonds. The van der Waals surface area contributed by atoms with Crippen LogP contribution in [0.2, 0.25) is 0 Å². The monoisotopic (exact) mass is 382 g/mol. The third-order valence-electron chi connectivity index (χ3n) is 4.91. The Bertz CT molecular complexity index is 821. The smallest absolute Gasteiger partial charge is 0.269 e. The van der Waals surface area contributed by atoms with E-state index in [0.29, 0.717) is 34.0 Å². The van der Waals surface area contributed by atoms with Gasteiger partial charge in [-0.25, -0.2) is 8.78 Å². The summed E-state index contributed by atoms with van der Waals surface area (Å²) in [6.07, 6.45) is 3.41. The topological polar surface area (TPSA) is 70.2 Å². The van der Waals surface area contributed by atoms with Crippen molar-refractivity contribution in [2.45, 2.75) is 37.8 Å². The first-order valence-electron chi connectivity index (χ1n) is 8.49. The number of aromatic nitrogens is 2. The van der Waals surface area contributed by atoms with Gasteiger partial charge in [-0.05, 0) is 13.3 Å². The number of methoxy groups -OCH3 is 1. The van der Waals surface area contributed by atoms with Crippen molar-refractivity contribution in [1.82, 2.24) is 15.5 Å². The largest absolute Gasteiger partial charge is 0.382 e. The van der Waals surface area contributed by atoms with Gasteiger partial charge in [-0.1, -0.05) is 0 Å². The number of hydrogen-bond acceptors (Lipinski definition) is 5. The van der Waals surface area contributed by atoms with E-state index in [0.717, 1.165) is 5.56 Å². The number of thiophene rings is 1. The predicted molar refractivity (Wildman–Crippen MR) is 95.1 cm³/mol. The number of carbonyl (C=O) groups excluding carboxylic acids is 1. The van der Waals surface area contributed by atoms with Crippen LogP contribution in [0.3, 0.4) is 0 Å². The van der Waals surface area contributed by atoms with Crippen LogP contribution < -0.4 is 10.2 Å². The Morgan fingerprint density at radius 1 is 1.50 bits per heavy atom. The number of H-pyrrole nitrogens is 1. The highest BCUT2D eigenvalue weighted by atomic mass is 32.1. The molecule has 26 heavy (non-hydrogen) atoms. The molecule has 2 aromatic rings. The molecule has 0 bridgehead atoms. The second-order valence-electron chi connectivity index (χ2n) is 6.94. The summed E-state index contributed by atoms with van der Waals surface area (Å²) in [4.78, 5) is 15.6. The summed E-state index contributed by atoms with van der Waals surface area (Å²) < 4.78 is 34.2. The molecular formula is C17H20F2N4O2S. The molecule has 0 spiro atoms. The van der Waals surface area contributed by atoms with E-state index in [1.165, 1.54) is 11.3 Å². The van der Waals surface area contributed by atoms with Crippen LogP contribution in [-0.4, -0.2) is 54.4 Å². The van der Waals surface area contributed by atoms with Crippen LogP contribution in [0.1, 0.15) is 28.6 Å². The molecule has 9 heteroatoms. The lowest BCUT2D eigenvalue weighted by Gasteiger charge is -2.36. The molecule has 0 radical (unpaired) electrons. The van der Waals surface area contributed by atoms with E-state index in [1.807, 2.05) is 6.92 Å². The SMILES string of the molecule is CO[C@H](C)C[C@H]1CN2CC(F)(F)Cc3c(-c4cn[nH]c4)sc(c32)C(=O)N1. The molecule has 0 aromatic carbocycles. The standard InChI is InChI=1S/C17H20F2N4O2S/c1-9(25-2)3-11-7-23-8-17(18,19)4-12-13(23)15(16(24)22-11)26-14(12)10-5-20-21-6-10/h5-6,9,11H,3-4,7-8H2,1-2H3,(H,20,21)(H,22,24)/t9-,11+/m1/s1. The number of halogens is 2. The van der Waals surface area contributed by atoms with Crippen molar-refractivity contribution in [3.8, 4) is 10.4 Å². The van der Waals surface area contributed by atoms with Crippen molar-refractivity contribution in [2.75, 3.05) is 25.1 Å². The van der Waals surface area contributed by atoms with Crippen molar-refractivity contribution in [1.29, 1.82) is 0 Å². The Kier molecular flexibility index (Phi) is 4.23. The van der Waals surface area contributed by atoms with Crippen LogP contribution in [0.15, 0.2) is 12.4 Å². The molecule has 2 aliphatic heterocycles. The van der Waals surface area contributed by atoms with E-state index in [9.17, 15) is 13.6 Å². The quantitative estimate of drug-likeness (QED) is 0.853. The Labute approximate surface area is 153 Å². The van der Waals surface area contributed by atoms with Gasteiger partial charge in [0.15, 0.2) is 0 Å². The van der Waals surface area contributed by atoms with Crippen molar-refractivity contribution >= 4 is 22.9 Å². The number of amides is 1. The highest BCUT2D eigenvalue weighted by molar-refractivity contribution is 7.18. The van der Waals surface area contributed by atoms with E-state index in [2.05, 4.69) is 15.5 Å². The molecule has 2 N–H and O–H groups in total. The maximum absolute atomic E-state index is 14.5. The molecule has 6 nitrogen and oxygen atoms in total. The van der Waals surface area contributed by atoms with Gasteiger partial charge in [0.2, 0.25) is 0 Å². The molecule has 0 aliphatic carbocycles. The molecule has 0 saturated carbocycles. The summed E-state index contributed by atoms with van der Waals surface area (Å²) in [6, 6.07) is -0.240. The lowest BCUT2D eigenvalue weighted by atomic mass is 9.97. The van der Waals surface area contributed by atoms with Crippen molar-refractivity contribution < 1.29 is 18.3 Å². The van der Waals surface area contributed by atoms with Gasteiger partial charge in [0.05, 0.1) is 24.5 Å². The fourth-order valence-corrected chi connectivity index (χ4v) is 4.97. The Hall–Kier alpha value is -2.00. The van der Waals surface area contributed by atoms with Gasteiger partial charge in [0.1, 0.15) is 4.88 Å². The third kappa shape index (κ3) is 2.99. The normalized spacial score (nSPS) is 22.5. The van der Waals surface area contributed by atoms with Crippen LogP contribution in [0, 0.1) is 0 Å². The molecule has 140 valence electrons. The van der Waals surface area contributed by atoms with E-state index in [-0.39, 0.29) is 31.0 Å². The van der Waals surface area contributed by atoms with E-state index >= 15 is 0 Å². The average molecular weight is 382 g/mol. The highest BCUT2D eigenvalue weighted by Gasteiger charge is 2.45. The second-order valence-corrected chi connectivity index (χ2v) is 7.96. The fraction of sp³-hybridized carbons (Fsp3) is 0.529. The zero-order chi connectivity index (χ0) is 18.5. The van der Waals surface area contributed by atoms with Crippen molar-refractivity contribution in [3.05, 3.63) is 22.8 Å².